The highest BCUT2D eigenvalue weighted by molar-refractivity contribution is 5.77. The van der Waals surface area contributed by atoms with E-state index in [4.69, 9.17) is 19.5 Å². The number of carbonyl (C=O) groups is 1. The third-order valence-corrected chi connectivity index (χ3v) is 4.02. The van der Waals surface area contributed by atoms with Gasteiger partial charge in [-0.1, -0.05) is 12.1 Å². The van der Waals surface area contributed by atoms with E-state index in [1.807, 2.05) is 13.0 Å². The van der Waals surface area contributed by atoms with Gasteiger partial charge >= 0.3 is 5.97 Å². The second-order valence-electron chi connectivity index (χ2n) is 5.95. The molecular formula is C21H19N3O5. The number of ether oxygens (including phenoxy) is 3. The molecule has 0 amide bonds. The lowest BCUT2D eigenvalue weighted by molar-refractivity contribution is -0.147. The Balaban J connectivity index is 1.65. The molecule has 0 bridgehead atoms. The molecule has 0 saturated heterocycles. The maximum absolute atomic E-state index is 12.6. The average Bonchev–Trinajstić information content (AvgIpc) is 2.74. The molecule has 0 saturated carbocycles. The molecule has 0 N–H and O–H groups in total. The van der Waals surface area contributed by atoms with Crippen LogP contribution in [-0.4, -0.2) is 28.7 Å². The van der Waals surface area contributed by atoms with Crippen LogP contribution in [0.3, 0.4) is 0 Å². The Bertz CT molecular complexity index is 1100. The van der Waals surface area contributed by atoms with Gasteiger partial charge in [0, 0.05) is 0 Å². The van der Waals surface area contributed by atoms with Gasteiger partial charge in [0.2, 0.25) is 0 Å². The molecule has 8 heteroatoms. The predicted octanol–water partition coefficient (Wildman–Crippen LogP) is 2.44. The van der Waals surface area contributed by atoms with Crippen molar-refractivity contribution in [2.45, 2.75) is 20.1 Å². The largest absolute Gasteiger partial charge is 0.494 e. The molecule has 29 heavy (non-hydrogen) atoms. The van der Waals surface area contributed by atoms with Crippen molar-refractivity contribution < 1.29 is 19.0 Å². The molecule has 0 spiro atoms. The lowest BCUT2D eigenvalue weighted by Crippen LogP contribution is -2.26. The van der Waals surface area contributed by atoms with Crippen molar-refractivity contribution in [1.82, 2.24) is 9.55 Å². The Morgan fingerprint density at radius 3 is 2.48 bits per heavy atom. The van der Waals surface area contributed by atoms with Gasteiger partial charge in [-0.05, 0) is 43.3 Å². The van der Waals surface area contributed by atoms with Crippen molar-refractivity contribution in [2.24, 2.45) is 0 Å². The minimum absolute atomic E-state index is 0.188. The van der Waals surface area contributed by atoms with Gasteiger partial charge in [0.25, 0.3) is 5.56 Å². The molecule has 3 aromatic rings. The number of nitrogens with zero attached hydrogens (tertiary/aromatic N) is 3. The molecule has 0 aliphatic rings. The van der Waals surface area contributed by atoms with Gasteiger partial charge in [-0.2, -0.15) is 5.26 Å². The molecule has 8 nitrogen and oxygen atoms in total. The van der Waals surface area contributed by atoms with E-state index in [-0.39, 0.29) is 31.1 Å². The number of fused-ring (bicyclic) bond motifs is 1. The van der Waals surface area contributed by atoms with Crippen LogP contribution in [0.5, 0.6) is 11.5 Å². The molecular weight excluding hydrogens is 374 g/mol. The van der Waals surface area contributed by atoms with Crippen molar-refractivity contribution in [3.8, 4) is 17.6 Å². The van der Waals surface area contributed by atoms with Crippen LogP contribution in [0.4, 0.5) is 0 Å². The van der Waals surface area contributed by atoms with Crippen molar-refractivity contribution in [3.63, 3.8) is 0 Å². The third-order valence-electron chi connectivity index (χ3n) is 4.02. The monoisotopic (exact) mass is 393 g/mol. The Kier molecular flexibility index (Phi) is 6.43. The van der Waals surface area contributed by atoms with E-state index in [2.05, 4.69) is 4.98 Å². The van der Waals surface area contributed by atoms with Gasteiger partial charge in [-0.15, -0.1) is 0 Å². The molecule has 0 unspecified atom stereocenters. The Morgan fingerprint density at radius 2 is 1.79 bits per heavy atom. The Labute approximate surface area is 166 Å². The summed E-state index contributed by atoms with van der Waals surface area (Å²) in [4.78, 5) is 28.9. The number of hydrogen-bond donors (Lipinski definition) is 0. The van der Waals surface area contributed by atoms with Crippen molar-refractivity contribution in [1.29, 1.82) is 5.26 Å². The predicted molar refractivity (Wildman–Crippen MR) is 105 cm³/mol. The van der Waals surface area contributed by atoms with E-state index >= 15 is 0 Å². The molecule has 0 aliphatic heterocycles. The van der Waals surface area contributed by atoms with E-state index in [1.54, 1.807) is 48.5 Å². The van der Waals surface area contributed by atoms with E-state index in [9.17, 15) is 9.59 Å². The third kappa shape index (κ3) is 4.90. The van der Waals surface area contributed by atoms with Crippen LogP contribution in [0, 0.1) is 11.3 Å². The van der Waals surface area contributed by atoms with Crippen LogP contribution in [0.15, 0.2) is 53.3 Å². The zero-order valence-electron chi connectivity index (χ0n) is 15.8. The first-order chi connectivity index (χ1) is 14.1. The Hall–Kier alpha value is -3.86. The van der Waals surface area contributed by atoms with Crippen LogP contribution in [0.1, 0.15) is 12.7 Å². The van der Waals surface area contributed by atoms with Crippen LogP contribution < -0.4 is 15.0 Å². The first kappa shape index (κ1) is 19.9. The number of rotatable bonds is 8. The Morgan fingerprint density at radius 1 is 1.10 bits per heavy atom. The highest BCUT2D eigenvalue weighted by Gasteiger charge is 2.13. The van der Waals surface area contributed by atoms with Gasteiger partial charge in [-0.3, -0.25) is 9.36 Å². The summed E-state index contributed by atoms with van der Waals surface area (Å²) < 4.78 is 17.1. The van der Waals surface area contributed by atoms with E-state index in [0.29, 0.717) is 29.0 Å². The molecule has 3 rings (SSSR count). The van der Waals surface area contributed by atoms with Gasteiger partial charge in [-0.25, -0.2) is 9.78 Å². The number of aromatic nitrogens is 2. The molecule has 0 atom stereocenters. The SMILES string of the molecule is CCOc1ccc(OCC(=O)OCc2nc3ccccc3c(=O)n2CC#N)cc1. The number of para-hydroxylation sites is 1. The average molecular weight is 393 g/mol. The van der Waals surface area contributed by atoms with Crippen molar-refractivity contribution >= 4 is 16.9 Å². The highest BCUT2D eigenvalue weighted by atomic mass is 16.6. The standard InChI is InChI=1S/C21H19N3O5/c1-2-27-15-7-9-16(10-8-15)28-14-20(25)29-13-19-23-18-6-4-3-5-17(18)21(26)24(19)12-11-22/h3-10H,2,12-14H2,1H3. The summed E-state index contributed by atoms with van der Waals surface area (Å²) >= 11 is 0. The fourth-order valence-electron chi connectivity index (χ4n) is 2.69. The summed E-state index contributed by atoms with van der Waals surface area (Å²) in [6.07, 6.45) is 0. The van der Waals surface area contributed by atoms with Gasteiger partial charge in [0.1, 0.15) is 24.7 Å². The second kappa shape index (κ2) is 9.37. The zero-order valence-corrected chi connectivity index (χ0v) is 15.8. The van der Waals surface area contributed by atoms with Gasteiger partial charge < -0.3 is 14.2 Å². The van der Waals surface area contributed by atoms with E-state index in [0.717, 1.165) is 0 Å². The summed E-state index contributed by atoms with van der Waals surface area (Å²) in [7, 11) is 0. The molecule has 0 radical (unpaired) electrons. The summed E-state index contributed by atoms with van der Waals surface area (Å²) in [6, 6.07) is 15.6. The highest BCUT2D eigenvalue weighted by Crippen LogP contribution is 2.17. The van der Waals surface area contributed by atoms with Crippen LogP contribution >= 0.6 is 0 Å². The maximum atomic E-state index is 12.6. The second-order valence-corrected chi connectivity index (χ2v) is 5.95. The van der Waals surface area contributed by atoms with E-state index in [1.165, 1.54) is 4.57 Å². The smallest absolute Gasteiger partial charge is 0.344 e. The molecule has 0 aliphatic carbocycles. The number of carbonyl (C=O) groups excluding carboxylic acids is 1. The van der Waals surface area contributed by atoms with Crippen molar-refractivity contribution in [3.05, 3.63) is 64.7 Å². The molecule has 2 aromatic carbocycles. The molecule has 148 valence electrons. The summed E-state index contributed by atoms with van der Waals surface area (Å²) in [6.45, 7) is 1.72. The zero-order chi connectivity index (χ0) is 20.6. The lowest BCUT2D eigenvalue weighted by Gasteiger charge is -2.12. The quantitative estimate of drug-likeness (QED) is 0.542. The van der Waals surface area contributed by atoms with Crippen LogP contribution in [0.2, 0.25) is 0 Å². The normalized spacial score (nSPS) is 10.3. The maximum Gasteiger partial charge on any atom is 0.344 e. The van der Waals surface area contributed by atoms with Crippen LogP contribution in [0.25, 0.3) is 10.9 Å². The number of hydrogen-bond acceptors (Lipinski definition) is 7. The minimum Gasteiger partial charge on any atom is -0.494 e. The fraction of sp³-hybridized carbons (Fsp3) is 0.238. The number of esters is 1. The first-order valence-corrected chi connectivity index (χ1v) is 8.99. The summed E-state index contributed by atoms with van der Waals surface area (Å²) in [5.41, 5.74) is 0.122. The van der Waals surface area contributed by atoms with Gasteiger partial charge in [0.05, 0.1) is 23.6 Å². The lowest BCUT2D eigenvalue weighted by atomic mass is 10.2. The number of nitriles is 1. The fourth-order valence-corrected chi connectivity index (χ4v) is 2.69. The van der Waals surface area contributed by atoms with Crippen molar-refractivity contribution in [2.75, 3.05) is 13.2 Å². The van der Waals surface area contributed by atoms with Crippen LogP contribution in [-0.2, 0) is 22.7 Å². The molecule has 1 heterocycles. The topological polar surface area (TPSA) is 103 Å². The number of benzene rings is 2. The summed E-state index contributed by atoms with van der Waals surface area (Å²) in [5, 5.41) is 9.41. The summed E-state index contributed by atoms with van der Waals surface area (Å²) in [5.74, 6) is 0.783. The molecule has 1 aromatic heterocycles. The van der Waals surface area contributed by atoms with E-state index < -0.39 is 5.97 Å². The minimum atomic E-state index is -0.621. The molecule has 0 fully saturated rings. The van der Waals surface area contributed by atoms with Gasteiger partial charge in [0.15, 0.2) is 12.4 Å². The first-order valence-electron chi connectivity index (χ1n) is 8.99.